The molecule has 0 fully saturated rings. The summed E-state index contributed by atoms with van der Waals surface area (Å²) in [6, 6.07) is 0.588. The number of hydrogen-bond donors (Lipinski definition) is 1. The van der Waals surface area contributed by atoms with Crippen molar-refractivity contribution in [2.45, 2.75) is 32.7 Å². The van der Waals surface area contributed by atoms with Crippen LogP contribution in [0.25, 0.3) is 0 Å². The summed E-state index contributed by atoms with van der Waals surface area (Å²) in [6.07, 6.45) is 6.13. The maximum absolute atomic E-state index is 4.33. The molecule has 0 radical (unpaired) electrons. The highest BCUT2D eigenvalue weighted by molar-refractivity contribution is 4.92. The highest BCUT2D eigenvalue weighted by atomic mass is 15.0. The molecule has 0 spiro atoms. The Labute approximate surface area is 86.5 Å². The van der Waals surface area contributed by atoms with Crippen molar-refractivity contribution in [2.24, 2.45) is 13.0 Å². The number of nitrogens with one attached hydrogen (secondary N) is 1. The second-order valence-electron chi connectivity index (χ2n) is 4.19. The fraction of sp³-hybridized carbons (Fsp3) is 0.727. The third-order valence-electron chi connectivity index (χ3n) is 2.70. The van der Waals surface area contributed by atoms with E-state index in [1.807, 2.05) is 19.4 Å². The first-order chi connectivity index (χ1) is 6.63. The Morgan fingerprint density at radius 2 is 2.21 bits per heavy atom. The molecular formula is C11H21N3. The van der Waals surface area contributed by atoms with E-state index in [0.717, 1.165) is 6.42 Å². The molecule has 1 rings (SSSR count). The molecule has 0 bridgehead atoms. The lowest BCUT2D eigenvalue weighted by Gasteiger charge is -2.16. The number of nitrogens with zero attached hydrogens (tertiary/aromatic N) is 2. The Morgan fingerprint density at radius 1 is 1.50 bits per heavy atom. The summed E-state index contributed by atoms with van der Waals surface area (Å²) in [6.45, 7) is 4.50. The molecule has 2 atom stereocenters. The predicted molar refractivity (Wildman–Crippen MR) is 59.2 cm³/mol. The zero-order valence-electron chi connectivity index (χ0n) is 9.62. The van der Waals surface area contributed by atoms with E-state index in [2.05, 4.69) is 35.8 Å². The van der Waals surface area contributed by atoms with Gasteiger partial charge in [-0.3, -0.25) is 0 Å². The third kappa shape index (κ3) is 3.14. The van der Waals surface area contributed by atoms with Crippen molar-refractivity contribution in [1.82, 2.24) is 14.9 Å². The zero-order chi connectivity index (χ0) is 10.6. The molecule has 3 heteroatoms. The van der Waals surface area contributed by atoms with Crippen molar-refractivity contribution < 1.29 is 0 Å². The number of aromatic nitrogens is 2. The number of imidazole rings is 1. The lowest BCUT2D eigenvalue weighted by atomic mass is 9.99. The molecule has 2 unspecified atom stereocenters. The molecule has 0 aliphatic heterocycles. The van der Waals surface area contributed by atoms with E-state index in [1.54, 1.807) is 0 Å². The maximum Gasteiger partial charge on any atom is 0.108 e. The molecule has 0 amide bonds. The Balaban J connectivity index is 2.41. The van der Waals surface area contributed by atoms with Crippen LogP contribution >= 0.6 is 0 Å². The van der Waals surface area contributed by atoms with E-state index in [0.29, 0.717) is 12.0 Å². The average molecular weight is 195 g/mol. The van der Waals surface area contributed by atoms with Gasteiger partial charge in [0.1, 0.15) is 5.82 Å². The van der Waals surface area contributed by atoms with Crippen molar-refractivity contribution in [3.05, 3.63) is 18.2 Å². The smallest absolute Gasteiger partial charge is 0.108 e. The van der Waals surface area contributed by atoms with E-state index in [1.165, 1.54) is 12.2 Å². The van der Waals surface area contributed by atoms with Crippen molar-refractivity contribution in [3.63, 3.8) is 0 Å². The molecule has 80 valence electrons. The molecule has 1 aromatic heterocycles. The second-order valence-corrected chi connectivity index (χ2v) is 4.19. The first-order valence-corrected chi connectivity index (χ1v) is 5.27. The lowest BCUT2D eigenvalue weighted by molar-refractivity contribution is 0.430. The van der Waals surface area contributed by atoms with Crippen molar-refractivity contribution in [3.8, 4) is 0 Å². The van der Waals surface area contributed by atoms with Gasteiger partial charge in [-0.05, 0) is 26.3 Å². The maximum atomic E-state index is 4.33. The molecule has 1 N–H and O–H groups in total. The molecule has 0 saturated carbocycles. The van der Waals surface area contributed by atoms with E-state index < -0.39 is 0 Å². The van der Waals surface area contributed by atoms with Gasteiger partial charge in [0.2, 0.25) is 0 Å². The summed E-state index contributed by atoms with van der Waals surface area (Å²) in [5.74, 6) is 1.86. The Bertz CT molecular complexity index is 267. The van der Waals surface area contributed by atoms with Crippen LogP contribution in [0.3, 0.4) is 0 Å². The summed E-state index contributed by atoms with van der Waals surface area (Å²) >= 11 is 0. The van der Waals surface area contributed by atoms with Crippen molar-refractivity contribution in [2.75, 3.05) is 7.05 Å². The van der Waals surface area contributed by atoms with Crippen molar-refractivity contribution in [1.29, 1.82) is 0 Å². The Morgan fingerprint density at radius 3 is 2.71 bits per heavy atom. The van der Waals surface area contributed by atoms with E-state index in [9.17, 15) is 0 Å². The summed E-state index contributed by atoms with van der Waals surface area (Å²) in [5.41, 5.74) is 0. The van der Waals surface area contributed by atoms with E-state index >= 15 is 0 Å². The number of aryl methyl sites for hydroxylation is 1. The van der Waals surface area contributed by atoms with Gasteiger partial charge >= 0.3 is 0 Å². The zero-order valence-corrected chi connectivity index (χ0v) is 9.62. The van der Waals surface area contributed by atoms with Crippen LogP contribution in [0.4, 0.5) is 0 Å². The molecule has 3 nitrogen and oxygen atoms in total. The summed E-state index contributed by atoms with van der Waals surface area (Å²) in [4.78, 5) is 4.33. The SMILES string of the molecule is CNC(C)CC(C)Cc1nccn1C. The van der Waals surface area contributed by atoms with Gasteiger partial charge in [0, 0.05) is 31.9 Å². The van der Waals surface area contributed by atoms with Gasteiger partial charge in [-0.25, -0.2) is 4.98 Å². The summed E-state index contributed by atoms with van der Waals surface area (Å²) in [7, 11) is 4.06. The molecule has 1 heterocycles. The van der Waals surface area contributed by atoms with Gasteiger partial charge in [0.25, 0.3) is 0 Å². The summed E-state index contributed by atoms with van der Waals surface area (Å²) < 4.78 is 2.10. The minimum absolute atomic E-state index is 0.588. The first-order valence-electron chi connectivity index (χ1n) is 5.27. The van der Waals surface area contributed by atoms with Gasteiger partial charge in [0.05, 0.1) is 0 Å². The van der Waals surface area contributed by atoms with Gasteiger partial charge in [-0.15, -0.1) is 0 Å². The van der Waals surface area contributed by atoms with Crippen LogP contribution < -0.4 is 5.32 Å². The third-order valence-corrected chi connectivity index (χ3v) is 2.70. The van der Waals surface area contributed by atoms with Crippen LogP contribution in [0.5, 0.6) is 0 Å². The van der Waals surface area contributed by atoms with Crippen LogP contribution in [0.2, 0.25) is 0 Å². The number of hydrogen-bond acceptors (Lipinski definition) is 2. The first kappa shape index (κ1) is 11.2. The fourth-order valence-corrected chi connectivity index (χ4v) is 1.71. The van der Waals surface area contributed by atoms with Crippen LogP contribution in [0.15, 0.2) is 12.4 Å². The van der Waals surface area contributed by atoms with Gasteiger partial charge in [-0.1, -0.05) is 6.92 Å². The second kappa shape index (κ2) is 5.15. The quantitative estimate of drug-likeness (QED) is 0.773. The lowest BCUT2D eigenvalue weighted by Crippen LogP contribution is -2.24. The van der Waals surface area contributed by atoms with Gasteiger partial charge in [0.15, 0.2) is 0 Å². The largest absolute Gasteiger partial charge is 0.338 e. The fourth-order valence-electron chi connectivity index (χ4n) is 1.71. The van der Waals surface area contributed by atoms with Crippen LogP contribution in [0.1, 0.15) is 26.1 Å². The Hall–Kier alpha value is -0.830. The highest BCUT2D eigenvalue weighted by Crippen LogP contribution is 2.11. The molecule has 1 aromatic rings. The number of rotatable bonds is 5. The van der Waals surface area contributed by atoms with Crippen molar-refractivity contribution >= 4 is 0 Å². The van der Waals surface area contributed by atoms with Crippen LogP contribution in [0, 0.1) is 5.92 Å². The normalized spacial score (nSPS) is 15.4. The summed E-state index contributed by atoms with van der Waals surface area (Å²) in [5, 5.41) is 3.26. The highest BCUT2D eigenvalue weighted by Gasteiger charge is 2.10. The van der Waals surface area contributed by atoms with Gasteiger partial charge in [-0.2, -0.15) is 0 Å². The molecule has 0 saturated heterocycles. The van der Waals surface area contributed by atoms with E-state index in [-0.39, 0.29) is 0 Å². The topological polar surface area (TPSA) is 29.9 Å². The monoisotopic (exact) mass is 195 g/mol. The molecule has 0 aromatic carbocycles. The minimum Gasteiger partial charge on any atom is -0.338 e. The minimum atomic E-state index is 0.588. The predicted octanol–water partition coefficient (Wildman–Crippen LogP) is 1.60. The average Bonchev–Trinajstić information content (AvgIpc) is 2.51. The van der Waals surface area contributed by atoms with Crippen LogP contribution in [-0.2, 0) is 13.5 Å². The standard InChI is InChI=1S/C11H21N3/c1-9(7-10(2)12-3)8-11-13-5-6-14(11)4/h5-6,9-10,12H,7-8H2,1-4H3. The molecule has 14 heavy (non-hydrogen) atoms. The molecular weight excluding hydrogens is 174 g/mol. The molecule has 0 aliphatic rings. The van der Waals surface area contributed by atoms with Crippen LogP contribution in [-0.4, -0.2) is 22.6 Å². The Kier molecular flexibility index (Phi) is 4.14. The molecule has 0 aliphatic carbocycles. The van der Waals surface area contributed by atoms with E-state index in [4.69, 9.17) is 0 Å². The van der Waals surface area contributed by atoms with Gasteiger partial charge < -0.3 is 9.88 Å².